The molecule has 3 rings (SSSR count). The van der Waals surface area contributed by atoms with Gasteiger partial charge in [-0.25, -0.2) is 0 Å². The van der Waals surface area contributed by atoms with E-state index in [9.17, 15) is 15.3 Å². The van der Waals surface area contributed by atoms with Crippen molar-refractivity contribution in [2.45, 2.75) is 62.5 Å². The maximum atomic E-state index is 10.5. The van der Waals surface area contributed by atoms with Crippen LogP contribution in [0.3, 0.4) is 0 Å². The van der Waals surface area contributed by atoms with E-state index in [1.165, 1.54) is 22.9 Å². The number of guanidine groups is 1. The summed E-state index contributed by atoms with van der Waals surface area (Å²) >= 11 is 1.32. The summed E-state index contributed by atoms with van der Waals surface area (Å²) in [5, 5.41) is 40.9. The Bertz CT molecular complexity index is 922. The van der Waals surface area contributed by atoms with Crippen molar-refractivity contribution in [3.63, 3.8) is 0 Å². The summed E-state index contributed by atoms with van der Waals surface area (Å²) in [5.74, 6) is 0.0149. The minimum absolute atomic E-state index is 0.0149. The number of aliphatic hydroxyl groups excluding tert-OH is 3. The lowest BCUT2D eigenvalue weighted by Gasteiger charge is -2.40. The Morgan fingerprint density at radius 1 is 1.03 bits per heavy atom. The van der Waals surface area contributed by atoms with Gasteiger partial charge in [-0.2, -0.15) is 0 Å². The first-order chi connectivity index (χ1) is 15.8. The highest BCUT2D eigenvalue weighted by Crippen LogP contribution is 2.36. The molecule has 0 amide bonds. The number of hydrogen-bond donors (Lipinski definition) is 6. The van der Waals surface area contributed by atoms with E-state index in [2.05, 4.69) is 36.5 Å². The molecule has 1 aliphatic heterocycles. The highest BCUT2D eigenvalue weighted by atomic mass is 32.2. The fraction of sp³-hybridized carbons (Fsp3) is 0.480. The Morgan fingerprint density at radius 3 is 2.39 bits per heavy atom. The number of thioether (sulfide) groups is 1. The van der Waals surface area contributed by atoms with Crippen LogP contribution in [0, 0.1) is 12.3 Å². The molecule has 0 spiro atoms. The van der Waals surface area contributed by atoms with E-state index in [0.29, 0.717) is 0 Å². The highest BCUT2D eigenvalue weighted by Gasteiger charge is 2.44. The fourth-order valence-electron chi connectivity index (χ4n) is 4.10. The standard InChI is InChI=1S/C25H35N3O4S/c1-15-6-11-18(23-21(30)20(29)22(31)24(32-23)33-2)14-19(15)13-17-9-7-16(8-10-17)5-3-4-12-28-25(26)27/h6-11,14,20-24,29-31H,3-5,12-13H2,1-2H3,(H4,26,27,28)/t20-,21-,22+,23+,24-/m1/s1. The van der Waals surface area contributed by atoms with Crippen molar-refractivity contribution in [3.8, 4) is 0 Å². The monoisotopic (exact) mass is 473 g/mol. The molecule has 1 aliphatic rings. The highest BCUT2D eigenvalue weighted by molar-refractivity contribution is 7.99. The Labute approximate surface area is 199 Å². The molecule has 1 heterocycles. The number of nitrogens with two attached hydrogens (primary N) is 1. The minimum Gasteiger partial charge on any atom is -0.387 e. The molecule has 33 heavy (non-hydrogen) atoms. The van der Waals surface area contributed by atoms with Crippen molar-refractivity contribution >= 4 is 17.7 Å². The van der Waals surface area contributed by atoms with Crippen LogP contribution in [0.2, 0.25) is 0 Å². The third-order valence-corrected chi connectivity index (χ3v) is 6.98. The summed E-state index contributed by atoms with van der Waals surface area (Å²) in [7, 11) is 0. The predicted octanol–water partition coefficient (Wildman–Crippen LogP) is 2.23. The van der Waals surface area contributed by atoms with E-state index in [-0.39, 0.29) is 5.96 Å². The van der Waals surface area contributed by atoms with Crippen molar-refractivity contribution in [1.29, 1.82) is 5.41 Å². The van der Waals surface area contributed by atoms with Gasteiger partial charge >= 0.3 is 0 Å². The molecular formula is C25H35N3O4S. The van der Waals surface area contributed by atoms with Gasteiger partial charge in [0.1, 0.15) is 29.9 Å². The van der Waals surface area contributed by atoms with Crippen molar-refractivity contribution in [2.24, 2.45) is 5.73 Å². The molecule has 2 aromatic carbocycles. The second-order valence-corrected chi connectivity index (χ2v) is 9.55. The third-order valence-electron chi connectivity index (χ3n) is 6.13. The van der Waals surface area contributed by atoms with Crippen molar-refractivity contribution in [1.82, 2.24) is 5.32 Å². The van der Waals surface area contributed by atoms with Crippen LogP contribution in [-0.4, -0.2) is 57.8 Å². The Hall–Kier alpha value is -2.10. The minimum atomic E-state index is -1.25. The van der Waals surface area contributed by atoms with Gasteiger partial charge in [0.2, 0.25) is 0 Å². The quantitative estimate of drug-likeness (QED) is 0.187. The van der Waals surface area contributed by atoms with Crippen LogP contribution in [0.1, 0.15) is 46.8 Å². The van der Waals surface area contributed by atoms with Gasteiger partial charge in [-0.3, -0.25) is 5.41 Å². The molecule has 8 heteroatoms. The zero-order valence-corrected chi connectivity index (χ0v) is 20.0. The van der Waals surface area contributed by atoms with E-state index < -0.39 is 29.9 Å². The maximum Gasteiger partial charge on any atom is 0.185 e. The van der Waals surface area contributed by atoms with Crippen LogP contribution in [0.5, 0.6) is 0 Å². The lowest BCUT2D eigenvalue weighted by atomic mass is 9.91. The van der Waals surface area contributed by atoms with Crippen molar-refractivity contribution in [2.75, 3.05) is 12.8 Å². The first-order valence-corrected chi connectivity index (χ1v) is 12.6. The molecule has 5 atom stereocenters. The topological polar surface area (TPSA) is 132 Å². The van der Waals surface area contributed by atoms with Gasteiger partial charge in [0.25, 0.3) is 0 Å². The zero-order chi connectivity index (χ0) is 24.0. The Balaban J connectivity index is 1.65. The van der Waals surface area contributed by atoms with Crippen LogP contribution >= 0.6 is 11.8 Å². The molecule has 1 saturated heterocycles. The molecule has 2 aromatic rings. The molecule has 0 radical (unpaired) electrons. The molecule has 0 aromatic heterocycles. The van der Waals surface area contributed by atoms with E-state index in [1.54, 1.807) is 0 Å². The van der Waals surface area contributed by atoms with Gasteiger partial charge in [-0.05, 0) is 66.7 Å². The first-order valence-electron chi connectivity index (χ1n) is 11.3. The number of aryl methyl sites for hydroxylation is 2. The van der Waals surface area contributed by atoms with Gasteiger partial charge in [0.05, 0.1) is 0 Å². The molecule has 7 nitrogen and oxygen atoms in total. The van der Waals surface area contributed by atoms with Gasteiger partial charge < -0.3 is 31.1 Å². The zero-order valence-electron chi connectivity index (χ0n) is 19.2. The van der Waals surface area contributed by atoms with Crippen LogP contribution in [0.15, 0.2) is 42.5 Å². The lowest BCUT2D eigenvalue weighted by Crippen LogP contribution is -2.52. The normalized spacial score (nSPS) is 25.1. The molecule has 0 bridgehead atoms. The number of ether oxygens (including phenoxy) is 1. The number of aliphatic hydroxyl groups is 3. The molecular weight excluding hydrogens is 438 g/mol. The molecule has 0 saturated carbocycles. The number of unbranched alkanes of at least 4 members (excludes halogenated alkanes) is 1. The van der Waals surface area contributed by atoms with Crippen LogP contribution in [0.4, 0.5) is 0 Å². The summed E-state index contributed by atoms with van der Waals surface area (Å²) in [4.78, 5) is 0. The van der Waals surface area contributed by atoms with Crippen molar-refractivity contribution < 1.29 is 20.1 Å². The fourth-order valence-corrected chi connectivity index (χ4v) is 4.77. The van der Waals surface area contributed by atoms with E-state index in [4.69, 9.17) is 15.9 Å². The summed E-state index contributed by atoms with van der Waals surface area (Å²) < 4.78 is 5.93. The number of nitrogens with one attached hydrogen (secondary N) is 2. The Kier molecular flexibility index (Phi) is 9.17. The molecule has 0 unspecified atom stereocenters. The summed E-state index contributed by atoms with van der Waals surface area (Å²) in [6.07, 6.45) is 1.27. The average molecular weight is 474 g/mol. The van der Waals surface area contributed by atoms with Gasteiger partial charge in [0.15, 0.2) is 5.96 Å². The van der Waals surface area contributed by atoms with Gasteiger partial charge in [-0.1, -0.05) is 42.5 Å². The second kappa shape index (κ2) is 11.9. The van der Waals surface area contributed by atoms with Gasteiger partial charge in [0, 0.05) is 6.54 Å². The van der Waals surface area contributed by atoms with Gasteiger partial charge in [-0.15, -0.1) is 11.8 Å². The maximum absolute atomic E-state index is 10.5. The number of rotatable bonds is 9. The molecule has 7 N–H and O–H groups in total. The summed E-state index contributed by atoms with van der Waals surface area (Å²) in [5.41, 5.74) is 10.2. The van der Waals surface area contributed by atoms with E-state index in [0.717, 1.165) is 48.9 Å². The van der Waals surface area contributed by atoms with Crippen LogP contribution in [-0.2, 0) is 17.6 Å². The van der Waals surface area contributed by atoms with Crippen LogP contribution < -0.4 is 11.1 Å². The number of benzene rings is 2. The molecule has 180 valence electrons. The smallest absolute Gasteiger partial charge is 0.185 e. The largest absolute Gasteiger partial charge is 0.387 e. The molecule has 0 aliphatic carbocycles. The Morgan fingerprint density at radius 2 is 1.73 bits per heavy atom. The predicted molar refractivity (Wildman–Crippen MR) is 132 cm³/mol. The van der Waals surface area contributed by atoms with E-state index >= 15 is 0 Å². The lowest BCUT2D eigenvalue weighted by molar-refractivity contribution is -0.200. The SMILES string of the molecule is CS[C@H]1O[C@@H](c2ccc(C)c(Cc3ccc(CCCCNC(=N)N)cc3)c2)[C@H](O)[C@@H](O)[C@@H]1O. The average Bonchev–Trinajstić information content (AvgIpc) is 2.80. The summed E-state index contributed by atoms with van der Waals surface area (Å²) in [6, 6.07) is 14.6. The molecule has 1 fully saturated rings. The van der Waals surface area contributed by atoms with Crippen molar-refractivity contribution in [3.05, 3.63) is 70.3 Å². The summed E-state index contributed by atoms with van der Waals surface area (Å²) in [6.45, 7) is 2.78. The van der Waals surface area contributed by atoms with Crippen LogP contribution in [0.25, 0.3) is 0 Å². The number of hydrogen-bond acceptors (Lipinski definition) is 6. The second-order valence-electron chi connectivity index (χ2n) is 8.61. The third kappa shape index (κ3) is 6.71. The van der Waals surface area contributed by atoms with E-state index in [1.807, 2.05) is 24.5 Å². The first kappa shape index (κ1) is 25.5.